The summed E-state index contributed by atoms with van der Waals surface area (Å²) in [5, 5.41) is 2.95. The monoisotopic (exact) mass is 452 g/mol. The number of aryl methyl sites for hydroxylation is 2. The summed E-state index contributed by atoms with van der Waals surface area (Å²) >= 11 is 0. The van der Waals surface area contributed by atoms with E-state index in [4.69, 9.17) is 9.47 Å². The average Bonchev–Trinajstić information content (AvgIpc) is 3.21. The molecule has 0 fully saturated rings. The summed E-state index contributed by atoms with van der Waals surface area (Å²) in [6.45, 7) is 3.59. The van der Waals surface area contributed by atoms with Crippen molar-refractivity contribution < 1.29 is 22.7 Å². The SMILES string of the molecule is Cc1cc(NS(=O)(=O)c2ccc(N/C=C/C(=O)c3ccc4c(c3)OCO4)cc2)nc(C)n1. The Kier molecular flexibility index (Phi) is 5.78. The van der Waals surface area contributed by atoms with Gasteiger partial charge in [-0.2, -0.15) is 0 Å². The number of carbonyl (C=O) groups is 1. The number of hydrogen-bond acceptors (Lipinski definition) is 8. The first kappa shape index (κ1) is 21.3. The number of fused-ring (bicyclic) bond motifs is 1. The lowest BCUT2D eigenvalue weighted by molar-refractivity contribution is 0.104. The van der Waals surface area contributed by atoms with Crippen LogP contribution in [0.3, 0.4) is 0 Å². The molecule has 4 rings (SSSR count). The van der Waals surface area contributed by atoms with Crippen LogP contribution in [0.15, 0.2) is 65.7 Å². The highest BCUT2D eigenvalue weighted by Crippen LogP contribution is 2.32. The van der Waals surface area contributed by atoms with E-state index in [0.717, 1.165) is 0 Å². The molecule has 0 amide bonds. The molecule has 1 aromatic heterocycles. The number of anilines is 2. The van der Waals surface area contributed by atoms with Gasteiger partial charge in [0.1, 0.15) is 11.6 Å². The number of allylic oxidation sites excluding steroid dienone is 1. The van der Waals surface area contributed by atoms with Crippen LogP contribution in [-0.2, 0) is 10.0 Å². The van der Waals surface area contributed by atoms with Crippen molar-refractivity contribution in [2.24, 2.45) is 0 Å². The largest absolute Gasteiger partial charge is 0.454 e. The topological polar surface area (TPSA) is 120 Å². The Morgan fingerprint density at radius 1 is 1.00 bits per heavy atom. The van der Waals surface area contributed by atoms with Crippen molar-refractivity contribution in [2.75, 3.05) is 16.8 Å². The molecule has 9 nitrogen and oxygen atoms in total. The number of carbonyl (C=O) groups excluding carboxylic acids is 1. The molecular formula is C22H20N4O5S. The maximum atomic E-state index is 12.6. The minimum absolute atomic E-state index is 0.0809. The Hall–Kier alpha value is -3.92. The maximum Gasteiger partial charge on any atom is 0.263 e. The van der Waals surface area contributed by atoms with E-state index in [2.05, 4.69) is 20.0 Å². The van der Waals surface area contributed by atoms with Crippen LogP contribution in [-0.4, -0.2) is 31.0 Å². The highest BCUT2D eigenvalue weighted by atomic mass is 32.2. The first-order chi connectivity index (χ1) is 15.3. The highest BCUT2D eigenvalue weighted by Gasteiger charge is 2.16. The Labute approximate surface area is 185 Å². The van der Waals surface area contributed by atoms with Crippen LogP contribution in [0.4, 0.5) is 11.5 Å². The van der Waals surface area contributed by atoms with Crippen LogP contribution in [0.25, 0.3) is 0 Å². The fourth-order valence-corrected chi connectivity index (χ4v) is 4.05. The van der Waals surface area contributed by atoms with E-state index >= 15 is 0 Å². The van der Waals surface area contributed by atoms with E-state index in [9.17, 15) is 13.2 Å². The second kappa shape index (κ2) is 8.67. The van der Waals surface area contributed by atoms with Gasteiger partial charge in [0.15, 0.2) is 17.3 Å². The molecule has 10 heteroatoms. The molecule has 2 aromatic carbocycles. The number of ketones is 1. The van der Waals surface area contributed by atoms with Gasteiger partial charge in [0, 0.05) is 35.3 Å². The Morgan fingerprint density at radius 3 is 2.50 bits per heavy atom. The molecular weight excluding hydrogens is 432 g/mol. The van der Waals surface area contributed by atoms with Gasteiger partial charge < -0.3 is 14.8 Å². The number of ether oxygens (including phenoxy) is 2. The molecule has 1 aliphatic rings. The zero-order valence-corrected chi connectivity index (χ0v) is 18.1. The quantitative estimate of drug-likeness (QED) is 0.413. The van der Waals surface area contributed by atoms with Crippen LogP contribution in [0, 0.1) is 13.8 Å². The van der Waals surface area contributed by atoms with Crippen LogP contribution in [0.5, 0.6) is 11.5 Å². The van der Waals surface area contributed by atoms with Gasteiger partial charge in [-0.15, -0.1) is 0 Å². The van der Waals surface area contributed by atoms with E-state index in [1.165, 1.54) is 24.4 Å². The van der Waals surface area contributed by atoms with Crippen molar-refractivity contribution in [2.45, 2.75) is 18.7 Å². The van der Waals surface area contributed by atoms with Gasteiger partial charge >= 0.3 is 0 Å². The van der Waals surface area contributed by atoms with Gasteiger partial charge in [-0.25, -0.2) is 18.4 Å². The molecule has 0 bridgehead atoms. The predicted octanol–water partition coefficient (Wildman–Crippen LogP) is 3.43. The van der Waals surface area contributed by atoms with Gasteiger partial charge in [0.25, 0.3) is 10.0 Å². The molecule has 2 N–H and O–H groups in total. The fraction of sp³-hybridized carbons (Fsp3) is 0.136. The van der Waals surface area contributed by atoms with Gasteiger partial charge in [0.2, 0.25) is 6.79 Å². The number of sulfonamides is 1. The van der Waals surface area contributed by atoms with E-state index in [1.54, 1.807) is 50.2 Å². The molecule has 0 spiro atoms. The number of benzene rings is 2. The lowest BCUT2D eigenvalue weighted by Gasteiger charge is -2.09. The van der Waals surface area contributed by atoms with E-state index in [0.29, 0.717) is 34.3 Å². The van der Waals surface area contributed by atoms with Crippen molar-refractivity contribution in [1.82, 2.24) is 9.97 Å². The summed E-state index contributed by atoms with van der Waals surface area (Å²) in [4.78, 5) is 20.6. The molecule has 32 heavy (non-hydrogen) atoms. The first-order valence-electron chi connectivity index (χ1n) is 9.62. The molecule has 0 aliphatic carbocycles. The maximum absolute atomic E-state index is 12.6. The van der Waals surface area contributed by atoms with E-state index in [1.807, 2.05) is 0 Å². The van der Waals surface area contributed by atoms with Crippen molar-refractivity contribution in [3.05, 3.63) is 77.9 Å². The second-order valence-electron chi connectivity index (χ2n) is 6.98. The summed E-state index contributed by atoms with van der Waals surface area (Å²) in [7, 11) is -3.80. The standard InChI is InChI=1S/C22H20N4O5S/c1-14-11-22(25-15(2)24-14)26-32(28,29)18-6-4-17(5-7-18)23-10-9-19(27)16-3-8-20-21(12-16)31-13-30-20/h3-12,23H,13H2,1-2H3,(H,24,25,26)/b10-9+. The zero-order valence-electron chi connectivity index (χ0n) is 17.3. The van der Waals surface area contributed by atoms with E-state index < -0.39 is 10.0 Å². The third-order valence-corrected chi connectivity index (χ3v) is 5.88. The zero-order chi connectivity index (χ0) is 22.7. The number of aromatic nitrogens is 2. The summed E-state index contributed by atoms with van der Waals surface area (Å²) < 4.78 is 38.2. The summed E-state index contributed by atoms with van der Waals surface area (Å²) in [6.07, 6.45) is 2.87. The lowest BCUT2D eigenvalue weighted by atomic mass is 10.1. The van der Waals surface area contributed by atoms with Crippen molar-refractivity contribution in [3.8, 4) is 11.5 Å². The first-order valence-corrected chi connectivity index (χ1v) is 11.1. The normalized spacial score (nSPS) is 12.7. The molecule has 0 saturated carbocycles. The molecule has 3 aromatic rings. The number of rotatable bonds is 7. The summed E-state index contributed by atoms with van der Waals surface area (Å²) in [5.41, 5.74) is 1.75. The van der Waals surface area contributed by atoms with Crippen LogP contribution in [0.2, 0.25) is 0 Å². The van der Waals surface area contributed by atoms with Gasteiger partial charge in [0.05, 0.1) is 4.90 Å². The van der Waals surface area contributed by atoms with Gasteiger partial charge in [-0.05, 0) is 56.3 Å². The van der Waals surface area contributed by atoms with Crippen LogP contribution < -0.4 is 19.5 Å². The fourth-order valence-electron chi connectivity index (χ4n) is 3.06. The highest BCUT2D eigenvalue weighted by molar-refractivity contribution is 7.92. The Bertz CT molecular complexity index is 1280. The van der Waals surface area contributed by atoms with Gasteiger partial charge in [-0.1, -0.05) is 0 Å². The number of hydrogen-bond donors (Lipinski definition) is 2. The van der Waals surface area contributed by atoms with Crippen molar-refractivity contribution in [1.29, 1.82) is 0 Å². The predicted molar refractivity (Wildman–Crippen MR) is 118 cm³/mol. The van der Waals surface area contributed by atoms with Crippen LogP contribution in [0.1, 0.15) is 21.9 Å². The molecule has 0 radical (unpaired) electrons. The Morgan fingerprint density at radius 2 is 1.75 bits per heavy atom. The molecule has 0 saturated heterocycles. The molecule has 1 aliphatic heterocycles. The molecule has 0 unspecified atom stereocenters. The minimum Gasteiger partial charge on any atom is -0.454 e. The molecule has 2 heterocycles. The number of nitrogens with one attached hydrogen (secondary N) is 2. The molecule has 164 valence electrons. The number of nitrogens with zero attached hydrogens (tertiary/aromatic N) is 2. The van der Waals surface area contributed by atoms with Crippen molar-refractivity contribution in [3.63, 3.8) is 0 Å². The Balaban J connectivity index is 1.39. The smallest absolute Gasteiger partial charge is 0.263 e. The average molecular weight is 452 g/mol. The molecule has 0 atom stereocenters. The van der Waals surface area contributed by atoms with Gasteiger partial charge in [-0.3, -0.25) is 9.52 Å². The van der Waals surface area contributed by atoms with Crippen molar-refractivity contribution >= 4 is 27.3 Å². The lowest BCUT2D eigenvalue weighted by Crippen LogP contribution is -2.14. The second-order valence-corrected chi connectivity index (χ2v) is 8.66. The third kappa shape index (κ3) is 4.86. The third-order valence-electron chi connectivity index (χ3n) is 4.51. The summed E-state index contributed by atoms with van der Waals surface area (Å²) in [5.74, 6) is 1.62. The van der Waals surface area contributed by atoms with Crippen LogP contribution >= 0.6 is 0 Å². The minimum atomic E-state index is -3.80. The summed E-state index contributed by atoms with van der Waals surface area (Å²) in [6, 6.07) is 12.6. The van der Waals surface area contributed by atoms with E-state index in [-0.39, 0.29) is 23.3 Å².